The SMILES string of the molecule is C[C@H]1CN(c2ccccc2)C(=O)CN1C(=O)Cn1c(=O)oc2ccccc21. The Morgan fingerprint density at radius 1 is 1.07 bits per heavy atom. The van der Waals surface area contributed by atoms with Crippen molar-refractivity contribution in [3.05, 3.63) is 65.1 Å². The van der Waals surface area contributed by atoms with Crippen molar-refractivity contribution in [2.24, 2.45) is 0 Å². The van der Waals surface area contributed by atoms with Crippen LogP contribution in [0.3, 0.4) is 0 Å². The van der Waals surface area contributed by atoms with Crippen molar-refractivity contribution in [1.29, 1.82) is 0 Å². The molecule has 1 aromatic heterocycles. The Balaban J connectivity index is 1.54. The third-order valence-corrected chi connectivity index (χ3v) is 4.84. The summed E-state index contributed by atoms with van der Waals surface area (Å²) in [4.78, 5) is 40.7. The van der Waals surface area contributed by atoms with Crippen molar-refractivity contribution < 1.29 is 14.0 Å². The molecule has 27 heavy (non-hydrogen) atoms. The number of para-hydroxylation sites is 3. The van der Waals surface area contributed by atoms with E-state index in [-0.39, 0.29) is 30.9 Å². The standard InChI is InChI=1S/C20H19N3O4/c1-14-11-22(15-7-3-2-4-8-15)19(25)12-21(14)18(24)13-23-16-9-5-6-10-17(16)27-20(23)26/h2-10,14H,11-13H2,1H3/t14-/m0/s1. The molecule has 3 aromatic rings. The van der Waals surface area contributed by atoms with Crippen LogP contribution in [-0.4, -0.2) is 40.4 Å². The van der Waals surface area contributed by atoms with Gasteiger partial charge in [0, 0.05) is 18.3 Å². The Kier molecular flexibility index (Phi) is 4.27. The molecule has 0 saturated carbocycles. The second kappa shape index (κ2) is 6.75. The van der Waals surface area contributed by atoms with Crippen molar-refractivity contribution in [3.63, 3.8) is 0 Å². The maximum Gasteiger partial charge on any atom is 0.420 e. The van der Waals surface area contributed by atoms with E-state index in [2.05, 4.69) is 0 Å². The van der Waals surface area contributed by atoms with E-state index < -0.39 is 5.76 Å². The lowest BCUT2D eigenvalue weighted by Gasteiger charge is -2.39. The number of fused-ring (bicyclic) bond motifs is 1. The van der Waals surface area contributed by atoms with Gasteiger partial charge in [0.2, 0.25) is 11.8 Å². The summed E-state index contributed by atoms with van der Waals surface area (Å²) in [5.41, 5.74) is 1.82. The van der Waals surface area contributed by atoms with E-state index in [9.17, 15) is 14.4 Å². The molecule has 1 aliphatic rings. The van der Waals surface area contributed by atoms with E-state index in [1.807, 2.05) is 37.3 Å². The first-order valence-corrected chi connectivity index (χ1v) is 8.78. The first-order valence-electron chi connectivity index (χ1n) is 8.78. The van der Waals surface area contributed by atoms with Crippen LogP contribution >= 0.6 is 0 Å². The Hall–Kier alpha value is -3.35. The molecule has 0 unspecified atom stereocenters. The van der Waals surface area contributed by atoms with Gasteiger partial charge in [0.1, 0.15) is 13.1 Å². The maximum atomic E-state index is 12.8. The minimum absolute atomic E-state index is 0.0145. The summed E-state index contributed by atoms with van der Waals surface area (Å²) in [6.07, 6.45) is 0. The fourth-order valence-electron chi connectivity index (χ4n) is 3.43. The van der Waals surface area contributed by atoms with Gasteiger partial charge >= 0.3 is 5.76 Å². The average molecular weight is 365 g/mol. The van der Waals surface area contributed by atoms with Gasteiger partial charge in [-0.1, -0.05) is 30.3 Å². The molecule has 0 spiro atoms. The van der Waals surface area contributed by atoms with Crippen LogP contribution in [0.5, 0.6) is 0 Å². The zero-order valence-corrected chi connectivity index (χ0v) is 14.9. The zero-order chi connectivity index (χ0) is 19.0. The highest BCUT2D eigenvalue weighted by molar-refractivity contribution is 5.98. The molecule has 1 aliphatic heterocycles. The monoisotopic (exact) mass is 365 g/mol. The van der Waals surface area contributed by atoms with Crippen LogP contribution in [-0.2, 0) is 16.1 Å². The number of benzene rings is 2. The quantitative estimate of drug-likeness (QED) is 0.710. The lowest BCUT2D eigenvalue weighted by molar-refractivity contribution is -0.139. The van der Waals surface area contributed by atoms with Crippen LogP contribution in [0.15, 0.2) is 63.8 Å². The van der Waals surface area contributed by atoms with E-state index in [0.29, 0.717) is 17.6 Å². The van der Waals surface area contributed by atoms with Crippen LogP contribution in [0.1, 0.15) is 6.92 Å². The summed E-state index contributed by atoms with van der Waals surface area (Å²) in [5, 5.41) is 0. The second-order valence-electron chi connectivity index (χ2n) is 6.63. The van der Waals surface area contributed by atoms with Crippen molar-refractivity contribution in [3.8, 4) is 0 Å². The Bertz CT molecular complexity index is 1050. The van der Waals surface area contributed by atoms with Gasteiger partial charge in [0.05, 0.1) is 5.52 Å². The lowest BCUT2D eigenvalue weighted by Crippen LogP contribution is -2.57. The minimum atomic E-state index is -0.577. The largest absolute Gasteiger partial charge is 0.420 e. The van der Waals surface area contributed by atoms with Gasteiger partial charge < -0.3 is 14.2 Å². The molecule has 7 nitrogen and oxygen atoms in total. The van der Waals surface area contributed by atoms with Crippen LogP contribution < -0.4 is 10.7 Å². The lowest BCUT2D eigenvalue weighted by atomic mass is 10.1. The molecule has 1 fully saturated rings. The van der Waals surface area contributed by atoms with Gasteiger partial charge in [-0.25, -0.2) is 4.79 Å². The van der Waals surface area contributed by atoms with Gasteiger partial charge in [0.25, 0.3) is 0 Å². The molecule has 7 heteroatoms. The second-order valence-corrected chi connectivity index (χ2v) is 6.63. The van der Waals surface area contributed by atoms with E-state index in [4.69, 9.17) is 4.42 Å². The van der Waals surface area contributed by atoms with Crippen molar-refractivity contribution in [2.45, 2.75) is 19.5 Å². The van der Waals surface area contributed by atoms with Crippen LogP contribution in [0.2, 0.25) is 0 Å². The molecule has 2 aromatic carbocycles. The molecule has 4 rings (SSSR count). The van der Waals surface area contributed by atoms with E-state index in [0.717, 1.165) is 5.69 Å². The first kappa shape index (κ1) is 17.1. The zero-order valence-electron chi connectivity index (χ0n) is 14.9. The molecule has 1 saturated heterocycles. The van der Waals surface area contributed by atoms with Gasteiger partial charge in [-0.3, -0.25) is 14.2 Å². The normalized spacial score (nSPS) is 17.5. The third kappa shape index (κ3) is 3.12. The third-order valence-electron chi connectivity index (χ3n) is 4.84. The highest BCUT2D eigenvalue weighted by Crippen LogP contribution is 2.20. The predicted octanol–water partition coefficient (Wildman–Crippen LogP) is 1.86. The molecule has 138 valence electrons. The number of carbonyl (C=O) groups excluding carboxylic acids is 2. The Morgan fingerprint density at radius 3 is 2.56 bits per heavy atom. The summed E-state index contributed by atoms with van der Waals surface area (Å²) in [6.45, 7) is 2.14. The Labute approximate surface area is 155 Å². The molecular weight excluding hydrogens is 346 g/mol. The van der Waals surface area contributed by atoms with Gasteiger partial charge in [-0.05, 0) is 31.2 Å². The topological polar surface area (TPSA) is 75.8 Å². The first-order chi connectivity index (χ1) is 13.0. The molecular formula is C20H19N3O4. The van der Waals surface area contributed by atoms with Gasteiger partial charge in [-0.15, -0.1) is 0 Å². The molecule has 0 N–H and O–H groups in total. The van der Waals surface area contributed by atoms with Crippen molar-refractivity contribution in [2.75, 3.05) is 18.0 Å². The summed E-state index contributed by atoms with van der Waals surface area (Å²) >= 11 is 0. The number of piperazine rings is 1. The number of hydrogen-bond donors (Lipinski definition) is 0. The van der Waals surface area contributed by atoms with Gasteiger partial charge in [0.15, 0.2) is 5.58 Å². The molecule has 0 bridgehead atoms. The highest BCUT2D eigenvalue weighted by Gasteiger charge is 2.33. The molecule has 0 aliphatic carbocycles. The number of hydrogen-bond acceptors (Lipinski definition) is 4. The van der Waals surface area contributed by atoms with E-state index in [1.54, 1.807) is 29.2 Å². The smallest absolute Gasteiger partial charge is 0.408 e. The number of oxazole rings is 1. The fraction of sp³-hybridized carbons (Fsp3) is 0.250. The van der Waals surface area contributed by atoms with Crippen molar-refractivity contribution >= 4 is 28.6 Å². The number of amides is 2. The Morgan fingerprint density at radius 2 is 1.78 bits per heavy atom. The summed E-state index contributed by atoms with van der Waals surface area (Å²) in [6, 6.07) is 16.2. The fourth-order valence-corrected chi connectivity index (χ4v) is 3.43. The average Bonchev–Trinajstić information content (AvgIpc) is 2.99. The summed E-state index contributed by atoms with van der Waals surface area (Å²) in [7, 11) is 0. The predicted molar refractivity (Wildman–Crippen MR) is 100 cm³/mol. The number of nitrogens with zero attached hydrogens (tertiary/aromatic N) is 3. The van der Waals surface area contributed by atoms with Crippen LogP contribution in [0.25, 0.3) is 11.1 Å². The minimum Gasteiger partial charge on any atom is -0.408 e. The maximum absolute atomic E-state index is 12.8. The molecule has 2 amide bonds. The number of anilines is 1. The number of aromatic nitrogens is 1. The molecule has 2 heterocycles. The van der Waals surface area contributed by atoms with E-state index in [1.165, 1.54) is 9.47 Å². The van der Waals surface area contributed by atoms with Crippen LogP contribution in [0, 0.1) is 0 Å². The highest BCUT2D eigenvalue weighted by atomic mass is 16.4. The summed E-state index contributed by atoms with van der Waals surface area (Å²) < 4.78 is 6.48. The van der Waals surface area contributed by atoms with Crippen LogP contribution in [0.4, 0.5) is 5.69 Å². The number of rotatable bonds is 3. The summed E-state index contributed by atoms with van der Waals surface area (Å²) in [5.74, 6) is -0.999. The van der Waals surface area contributed by atoms with Crippen molar-refractivity contribution in [1.82, 2.24) is 9.47 Å². The van der Waals surface area contributed by atoms with Gasteiger partial charge in [-0.2, -0.15) is 0 Å². The molecule has 1 atom stereocenters. The number of carbonyl (C=O) groups is 2. The molecule has 0 radical (unpaired) electrons. The van der Waals surface area contributed by atoms with E-state index >= 15 is 0 Å².